The molecule has 0 aliphatic heterocycles. The zero-order valence-electron chi connectivity index (χ0n) is 14.2. The first kappa shape index (κ1) is 18.3. The van der Waals surface area contributed by atoms with Crippen molar-refractivity contribution in [2.75, 3.05) is 18.5 Å². The van der Waals surface area contributed by atoms with E-state index in [2.05, 4.69) is 10.3 Å². The second-order valence-electron chi connectivity index (χ2n) is 5.57. The predicted molar refractivity (Wildman–Crippen MR) is 104 cm³/mol. The van der Waals surface area contributed by atoms with Crippen LogP contribution in [0.4, 0.5) is 5.13 Å². The average molecular weight is 386 g/mol. The molecule has 0 radical (unpaired) electrons. The van der Waals surface area contributed by atoms with Gasteiger partial charge in [-0.3, -0.25) is 4.79 Å². The quantitative estimate of drug-likeness (QED) is 0.353. The number of thiophene rings is 1. The molecule has 0 amide bonds. The van der Waals surface area contributed by atoms with Crippen molar-refractivity contribution in [2.45, 2.75) is 13.3 Å². The zero-order valence-corrected chi connectivity index (χ0v) is 15.9. The summed E-state index contributed by atoms with van der Waals surface area (Å²) in [5.41, 5.74) is 1.65. The van der Waals surface area contributed by atoms with Crippen LogP contribution in [-0.2, 0) is 4.74 Å². The van der Waals surface area contributed by atoms with Crippen molar-refractivity contribution in [1.29, 1.82) is 0 Å². The molecule has 0 bridgehead atoms. The summed E-state index contributed by atoms with van der Waals surface area (Å²) in [6, 6.07) is 11.1. The van der Waals surface area contributed by atoms with Crippen molar-refractivity contribution in [3.05, 3.63) is 68.9 Å². The number of hydrogen-bond donors (Lipinski definition) is 1. The summed E-state index contributed by atoms with van der Waals surface area (Å²) in [6.45, 7) is 2.87. The van der Waals surface area contributed by atoms with Gasteiger partial charge in [0.25, 0.3) is 0 Å². The van der Waals surface area contributed by atoms with Gasteiger partial charge in [-0.25, -0.2) is 9.78 Å². The van der Waals surface area contributed by atoms with Gasteiger partial charge < -0.3 is 10.1 Å². The Bertz CT molecular complexity index is 888. The Labute approximate surface area is 159 Å². The maximum absolute atomic E-state index is 12.5. The highest BCUT2D eigenvalue weighted by Crippen LogP contribution is 2.22. The van der Waals surface area contributed by atoms with Crippen molar-refractivity contribution < 1.29 is 14.3 Å². The molecule has 1 aromatic carbocycles. The molecule has 0 spiro atoms. The number of aromatic nitrogens is 1. The number of carbonyl (C=O) groups excluding carboxylic acids is 2. The fourth-order valence-electron chi connectivity index (χ4n) is 2.32. The number of carbonyl (C=O) groups is 2. The van der Waals surface area contributed by atoms with E-state index >= 15 is 0 Å². The fourth-order valence-corrected chi connectivity index (χ4v) is 3.73. The molecule has 2 aromatic heterocycles. The van der Waals surface area contributed by atoms with Gasteiger partial charge in [0.1, 0.15) is 4.88 Å². The Morgan fingerprint density at radius 3 is 2.77 bits per heavy atom. The number of nitrogens with zero attached hydrogens (tertiary/aromatic N) is 1. The number of nitrogens with one attached hydrogen (secondary N) is 1. The molecule has 0 aliphatic rings. The highest BCUT2D eigenvalue weighted by Gasteiger charge is 2.14. The second-order valence-corrected chi connectivity index (χ2v) is 7.55. The van der Waals surface area contributed by atoms with Crippen LogP contribution in [0.3, 0.4) is 0 Å². The molecule has 0 saturated heterocycles. The van der Waals surface area contributed by atoms with E-state index in [4.69, 9.17) is 4.74 Å². The third kappa shape index (κ3) is 4.56. The van der Waals surface area contributed by atoms with Crippen LogP contribution in [0.5, 0.6) is 0 Å². The number of ketones is 1. The first-order chi connectivity index (χ1) is 12.6. The summed E-state index contributed by atoms with van der Waals surface area (Å²) in [4.78, 5) is 29.7. The van der Waals surface area contributed by atoms with E-state index in [0.717, 1.165) is 5.56 Å². The molecule has 26 heavy (non-hydrogen) atoms. The lowest BCUT2D eigenvalue weighted by atomic mass is 10.0. The number of anilines is 1. The van der Waals surface area contributed by atoms with Crippen molar-refractivity contribution in [3.63, 3.8) is 0 Å². The minimum atomic E-state index is -0.291. The monoisotopic (exact) mass is 386 g/mol. The molecule has 0 aliphatic carbocycles. The maximum Gasteiger partial charge on any atom is 0.348 e. The van der Waals surface area contributed by atoms with Crippen LogP contribution in [-0.4, -0.2) is 29.9 Å². The molecule has 0 atom stereocenters. The van der Waals surface area contributed by atoms with Crippen LogP contribution in [0.2, 0.25) is 0 Å². The molecule has 3 rings (SSSR count). The summed E-state index contributed by atoms with van der Waals surface area (Å²) >= 11 is 2.69. The van der Waals surface area contributed by atoms with Gasteiger partial charge in [0.15, 0.2) is 5.13 Å². The van der Waals surface area contributed by atoms with Gasteiger partial charge in [-0.05, 0) is 30.4 Å². The molecule has 2 heterocycles. The van der Waals surface area contributed by atoms with Crippen LogP contribution in [0, 0.1) is 6.92 Å². The Kier molecular flexibility index (Phi) is 6.14. The molecule has 7 heteroatoms. The van der Waals surface area contributed by atoms with Crippen molar-refractivity contribution in [3.8, 4) is 0 Å². The lowest BCUT2D eigenvalue weighted by Gasteiger charge is -2.04. The lowest BCUT2D eigenvalue weighted by Crippen LogP contribution is -2.09. The number of thiazole rings is 1. The molecular weight excluding hydrogens is 368 g/mol. The highest BCUT2D eigenvalue weighted by atomic mass is 32.1. The maximum atomic E-state index is 12.5. The first-order valence-electron chi connectivity index (χ1n) is 8.16. The standard InChI is InChI=1S/C19H18N2O3S2/c1-13-6-2-3-7-14(13)17(22)16-12-21-19(26-16)20-9-5-10-24-18(23)15-8-4-11-25-15/h2-4,6-8,11-12H,5,9-10H2,1H3,(H,20,21). The summed E-state index contributed by atoms with van der Waals surface area (Å²) in [7, 11) is 0. The van der Waals surface area contributed by atoms with Crippen LogP contribution < -0.4 is 5.32 Å². The summed E-state index contributed by atoms with van der Waals surface area (Å²) in [5, 5.41) is 5.69. The third-order valence-electron chi connectivity index (χ3n) is 3.67. The Morgan fingerprint density at radius 1 is 1.15 bits per heavy atom. The van der Waals surface area contributed by atoms with Crippen LogP contribution >= 0.6 is 22.7 Å². The van der Waals surface area contributed by atoms with Crippen molar-refractivity contribution >= 4 is 39.6 Å². The van der Waals surface area contributed by atoms with E-state index in [9.17, 15) is 9.59 Å². The molecule has 134 valence electrons. The van der Waals surface area contributed by atoms with E-state index in [-0.39, 0.29) is 11.8 Å². The largest absolute Gasteiger partial charge is 0.461 e. The minimum Gasteiger partial charge on any atom is -0.461 e. The van der Waals surface area contributed by atoms with Crippen LogP contribution in [0.15, 0.2) is 48.0 Å². The molecule has 3 aromatic rings. The van der Waals surface area contributed by atoms with Gasteiger partial charge in [0.05, 0.1) is 17.7 Å². The van der Waals surface area contributed by atoms with E-state index in [0.29, 0.717) is 40.0 Å². The highest BCUT2D eigenvalue weighted by molar-refractivity contribution is 7.17. The molecular formula is C19H18N2O3S2. The predicted octanol–water partition coefficient (Wildman–Crippen LogP) is 4.40. The summed E-state index contributed by atoms with van der Waals surface area (Å²) in [6.07, 6.45) is 2.26. The summed E-state index contributed by atoms with van der Waals surface area (Å²) in [5.74, 6) is -0.307. The Hall–Kier alpha value is -2.51. The number of benzene rings is 1. The van der Waals surface area contributed by atoms with E-state index < -0.39 is 0 Å². The SMILES string of the molecule is Cc1ccccc1C(=O)c1cnc(NCCCOC(=O)c2cccs2)s1. The number of esters is 1. The Balaban J connectivity index is 1.45. The fraction of sp³-hybridized carbons (Fsp3) is 0.211. The van der Waals surface area contributed by atoms with Crippen LogP contribution in [0.25, 0.3) is 0 Å². The topological polar surface area (TPSA) is 68.3 Å². The number of rotatable bonds is 8. The molecule has 0 fully saturated rings. The summed E-state index contributed by atoms with van der Waals surface area (Å²) < 4.78 is 5.20. The number of aryl methyl sites for hydroxylation is 1. The van der Waals surface area contributed by atoms with Gasteiger partial charge >= 0.3 is 5.97 Å². The van der Waals surface area contributed by atoms with Gasteiger partial charge in [-0.1, -0.05) is 41.7 Å². The van der Waals surface area contributed by atoms with Crippen molar-refractivity contribution in [1.82, 2.24) is 4.98 Å². The average Bonchev–Trinajstić information content (AvgIpc) is 3.33. The first-order valence-corrected chi connectivity index (χ1v) is 9.85. The van der Waals surface area contributed by atoms with E-state index in [1.165, 1.54) is 22.7 Å². The molecule has 0 saturated carbocycles. The van der Waals surface area contributed by atoms with Gasteiger partial charge in [0.2, 0.25) is 5.78 Å². The minimum absolute atomic E-state index is 0.0153. The Morgan fingerprint density at radius 2 is 2.00 bits per heavy atom. The lowest BCUT2D eigenvalue weighted by molar-refractivity contribution is 0.0509. The van der Waals surface area contributed by atoms with Crippen LogP contribution in [0.1, 0.15) is 36.9 Å². The molecule has 5 nitrogen and oxygen atoms in total. The van der Waals surface area contributed by atoms with Gasteiger partial charge in [-0.15, -0.1) is 11.3 Å². The van der Waals surface area contributed by atoms with Crippen molar-refractivity contribution in [2.24, 2.45) is 0 Å². The van der Waals surface area contributed by atoms with E-state index in [1.54, 1.807) is 12.3 Å². The third-order valence-corrected chi connectivity index (χ3v) is 5.48. The van der Waals surface area contributed by atoms with Gasteiger partial charge in [0, 0.05) is 12.1 Å². The normalized spacial score (nSPS) is 10.5. The second kappa shape index (κ2) is 8.73. The number of ether oxygens (including phenoxy) is 1. The smallest absolute Gasteiger partial charge is 0.348 e. The molecule has 0 unspecified atom stereocenters. The number of hydrogen-bond acceptors (Lipinski definition) is 7. The molecule has 1 N–H and O–H groups in total. The van der Waals surface area contributed by atoms with Gasteiger partial charge in [-0.2, -0.15) is 0 Å². The zero-order chi connectivity index (χ0) is 18.4. The van der Waals surface area contributed by atoms with E-state index in [1.807, 2.05) is 42.6 Å².